The van der Waals surface area contributed by atoms with E-state index in [0.29, 0.717) is 5.75 Å². The van der Waals surface area contributed by atoms with Gasteiger partial charge in [-0.1, -0.05) is 141 Å². The van der Waals surface area contributed by atoms with Gasteiger partial charge in [-0.2, -0.15) is 22.7 Å². The Morgan fingerprint density at radius 1 is 0.651 bits per heavy atom. The van der Waals surface area contributed by atoms with E-state index >= 15 is 0 Å². The van der Waals surface area contributed by atoms with Crippen LogP contribution in [0.3, 0.4) is 0 Å². The molecule has 220 valence electrons. The van der Waals surface area contributed by atoms with Crippen molar-refractivity contribution in [3.8, 4) is 5.75 Å². The van der Waals surface area contributed by atoms with Crippen LogP contribution in [0.4, 0.5) is 4.79 Å². The molecule has 0 aliphatic rings. The van der Waals surface area contributed by atoms with Crippen molar-refractivity contribution >= 4 is 39.6 Å². The van der Waals surface area contributed by atoms with Crippen molar-refractivity contribution in [1.82, 2.24) is 0 Å². The first-order valence-corrected chi connectivity index (χ1v) is 16.7. The molecule has 0 spiro atoms. The molecule has 5 aromatic rings. The van der Waals surface area contributed by atoms with Crippen LogP contribution in [0, 0.1) is 0 Å². The molecule has 0 saturated carbocycles. The molecule has 0 radical (unpaired) electrons. The van der Waals surface area contributed by atoms with Gasteiger partial charge in [-0.05, 0) is 24.3 Å². The van der Waals surface area contributed by atoms with E-state index in [-0.39, 0.29) is 10.9 Å². The fourth-order valence-corrected chi connectivity index (χ4v) is 7.18. The molecule has 0 heterocycles. The largest absolute Gasteiger partial charge is 0.513 e. The van der Waals surface area contributed by atoms with Crippen LogP contribution in [0.15, 0.2) is 150 Å². The van der Waals surface area contributed by atoms with E-state index in [1.807, 2.05) is 18.2 Å². The van der Waals surface area contributed by atoms with Crippen molar-refractivity contribution in [3.05, 3.63) is 151 Å². The smallest absolute Gasteiger partial charge is 0.437 e. The predicted octanol–water partition coefficient (Wildman–Crippen LogP) is 7.60. The summed E-state index contributed by atoms with van der Waals surface area (Å²) in [4.78, 5) is 12.2. The van der Waals surface area contributed by atoms with Crippen LogP contribution in [0.25, 0.3) is 0 Å². The zero-order valence-electron chi connectivity index (χ0n) is 25.4. The van der Waals surface area contributed by atoms with Crippen LogP contribution in [-0.4, -0.2) is 25.7 Å². The molecule has 5 aromatic carbocycles. The average molecular weight is 589 g/mol. The van der Waals surface area contributed by atoms with E-state index in [1.54, 1.807) is 12.1 Å². The van der Waals surface area contributed by atoms with Crippen molar-refractivity contribution in [3.63, 3.8) is 0 Å². The molecule has 0 aliphatic carbocycles. The monoisotopic (exact) mass is 588 g/mol. The van der Waals surface area contributed by atoms with Gasteiger partial charge in [-0.3, -0.25) is 0 Å². The molecule has 0 bridgehead atoms. The second kappa shape index (κ2) is 16.4. The van der Waals surface area contributed by atoms with Crippen molar-refractivity contribution in [1.29, 1.82) is 0 Å². The van der Waals surface area contributed by atoms with Crippen LogP contribution in [-0.2, 0) is 21.4 Å². The molecule has 0 aliphatic heterocycles. The van der Waals surface area contributed by atoms with Crippen LogP contribution in [0.1, 0.15) is 25.3 Å². The summed E-state index contributed by atoms with van der Waals surface area (Å²) in [7, 11) is 1.41. The third kappa shape index (κ3) is 8.65. The SMILES string of the molecule is CCCC[B-](c1ccccc1)(c1ccccc1)c1ccccc1.COC(=O)Oc1ccc([S+](C)Cc2ccccc2)cc1. The van der Waals surface area contributed by atoms with E-state index in [9.17, 15) is 4.79 Å². The van der Waals surface area contributed by atoms with Gasteiger partial charge in [0.25, 0.3) is 0 Å². The lowest BCUT2D eigenvalue weighted by molar-refractivity contribution is 0.121. The number of benzene rings is 5. The first kappa shape index (κ1) is 31.7. The maximum atomic E-state index is 11.0. The number of methoxy groups -OCH3 is 1. The summed E-state index contributed by atoms with van der Waals surface area (Å²) >= 11 is 0. The normalized spacial score (nSPS) is 11.5. The molecule has 5 rings (SSSR count). The number of rotatable bonds is 10. The highest BCUT2D eigenvalue weighted by molar-refractivity contribution is 7.95. The number of hydrogen-bond donors (Lipinski definition) is 0. The van der Waals surface area contributed by atoms with Gasteiger partial charge in [0.1, 0.15) is 17.8 Å². The Morgan fingerprint density at radius 3 is 1.51 bits per heavy atom. The Balaban J connectivity index is 0.000000199. The molecule has 0 N–H and O–H groups in total. The van der Waals surface area contributed by atoms with Crippen molar-refractivity contribution in [2.45, 2.75) is 36.7 Å². The summed E-state index contributed by atoms with van der Waals surface area (Å²) in [6.07, 6.45) is 4.24. The Kier molecular flexibility index (Phi) is 12.1. The first-order valence-electron chi connectivity index (χ1n) is 14.9. The standard InChI is InChI=1S/C22H24B.C16H17O3S/c1-2-3-19-23(20-13-7-4-8-14-20,21-15-9-5-10-16-21)22-17-11-6-12-18-22;1-18-16(17)19-14-8-10-15(11-9-14)20(2)12-13-6-4-3-5-7-13/h4-18H,2-3,19H2,1H3;3-11H,12H2,1-2H3/q-1;+1. The van der Waals surface area contributed by atoms with Gasteiger partial charge in [0.05, 0.1) is 13.3 Å². The summed E-state index contributed by atoms with van der Waals surface area (Å²) in [5.41, 5.74) is 5.66. The van der Waals surface area contributed by atoms with Crippen LogP contribution in [0.5, 0.6) is 5.75 Å². The summed E-state index contributed by atoms with van der Waals surface area (Å²) in [6.45, 7) is 2.28. The van der Waals surface area contributed by atoms with E-state index in [4.69, 9.17) is 4.74 Å². The van der Waals surface area contributed by atoms with Gasteiger partial charge < -0.3 is 9.47 Å². The zero-order valence-corrected chi connectivity index (χ0v) is 26.2. The molecular formula is C38H41BO3S. The third-order valence-electron chi connectivity index (χ3n) is 7.92. The highest BCUT2D eigenvalue weighted by atomic mass is 32.2. The summed E-state index contributed by atoms with van der Waals surface area (Å²) in [6, 6.07) is 51.1. The number of carbonyl (C=O) groups excluding carboxylic acids is 1. The zero-order chi connectivity index (χ0) is 30.3. The summed E-state index contributed by atoms with van der Waals surface area (Å²) in [5, 5.41) is 0. The molecule has 0 fully saturated rings. The van der Waals surface area contributed by atoms with Gasteiger partial charge in [0.15, 0.2) is 4.90 Å². The second-order valence-electron chi connectivity index (χ2n) is 10.7. The fraction of sp³-hybridized carbons (Fsp3) is 0.184. The van der Waals surface area contributed by atoms with Gasteiger partial charge in [-0.15, -0.1) is 0 Å². The van der Waals surface area contributed by atoms with E-state index in [2.05, 4.69) is 133 Å². The lowest BCUT2D eigenvalue weighted by Crippen LogP contribution is -2.66. The summed E-state index contributed by atoms with van der Waals surface area (Å²) < 4.78 is 9.41. The molecular weight excluding hydrogens is 547 g/mol. The minimum Gasteiger partial charge on any atom is -0.437 e. The number of ether oxygens (including phenoxy) is 2. The Hall–Kier alpha value is -4.22. The van der Waals surface area contributed by atoms with Gasteiger partial charge >= 0.3 is 6.16 Å². The van der Waals surface area contributed by atoms with E-state index < -0.39 is 12.3 Å². The first-order chi connectivity index (χ1) is 21.1. The lowest BCUT2D eigenvalue weighted by atomic mass is 9.14. The molecule has 43 heavy (non-hydrogen) atoms. The number of hydrogen-bond acceptors (Lipinski definition) is 3. The topological polar surface area (TPSA) is 35.5 Å². The maximum absolute atomic E-state index is 11.0. The predicted molar refractivity (Wildman–Crippen MR) is 185 cm³/mol. The van der Waals surface area contributed by atoms with Crippen molar-refractivity contribution in [2.75, 3.05) is 13.4 Å². The quantitative estimate of drug-likeness (QED) is 0.0730. The molecule has 1 atom stereocenters. The lowest BCUT2D eigenvalue weighted by Gasteiger charge is -2.43. The van der Waals surface area contributed by atoms with Gasteiger partial charge in [0, 0.05) is 16.5 Å². The highest BCUT2D eigenvalue weighted by Crippen LogP contribution is 2.21. The molecule has 0 saturated heterocycles. The minimum atomic E-state index is -0.913. The molecule has 5 heteroatoms. The van der Waals surface area contributed by atoms with Crippen molar-refractivity contribution < 1.29 is 14.3 Å². The third-order valence-corrected chi connectivity index (χ3v) is 9.76. The number of carbonyl (C=O) groups is 1. The van der Waals surface area contributed by atoms with Crippen LogP contribution in [0.2, 0.25) is 6.32 Å². The Labute approximate surface area is 260 Å². The van der Waals surface area contributed by atoms with Gasteiger partial charge in [-0.25, -0.2) is 4.79 Å². The fourth-order valence-electron chi connectivity index (χ4n) is 5.72. The van der Waals surface area contributed by atoms with Crippen LogP contribution >= 0.6 is 0 Å². The molecule has 1 unspecified atom stereocenters. The maximum Gasteiger partial charge on any atom is 0.513 e. The minimum absolute atomic E-state index is 0.121. The Morgan fingerprint density at radius 2 is 1.09 bits per heavy atom. The van der Waals surface area contributed by atoms with Gasteiger partial charge in [0.2, 0.25) is 0 Å². The molecule has 3 nitrogen and oxygen atoms in total. The van der Waals surface area contributed by atoms with Crippen LogP contribution < -0.4 is 21.1 Å². The molecule has 0 aromatic heterocycles. The van der Waals surface area contributed by atoms with E-state index in [1.165, 1.54) is 53.1 Å². The van der Waals surface area contributed by atoms with Crippen molar-refractivity contribution in [2.24, 2.45) is 0 Å². The second-order valence-corrected chi connectivity index (χ2v) is 12.7. The highest BCUT2D eigenvalue weighted by Gasteiger charge is 2.28. The summed E-state index contributed by atoms with van der Waals surface area (Å²) in [5.74, 6) is 1.51. The Bertz CT molecular complexity index is 1400. The molecule has 0 amide bonds. The number of unbranched alkanes of at least 4 members (excludes halogenated alkanes) is 1. The average Bonchev–Trinajstić information content (AvgIpc) is 3.07. The van der Waals surface area contributed by atoms with E-state index in [0.717, 1.165) is 5.75 Å².